The Kier molecular flexibility index (Phi) is 10.6. The van der Waals surface area contributed by atoms with Crippen LogP contribution in [0.4, 0.5) is 0 Å². The Morgan fingerprint density at radius 2 is 1.76 bits per heavy atom. The van der Waals surface area contributed by atoms with Gasteiger partial charge in [0.15, 0.2) is 0 Å². The van der Waals surface area contributed by atoms with Gasteiger partial charge >= 0.3 is 5.97 Å². The summed E-state index contributed by atoms with van der Waals surface area (Å²) < 4.78 is 5.85. The second-order valence-corrected chi connectivity index (χ2v) is 12.0. The summed E-state index contributed by atoms with van der Waals surface area (Å²) in [5.74, 6) is -0.608. The lowest BCUT2D eigenvalue weighted by Crippen LogP contribution is -2.49. The van der Waals surface area contributed by atoms with Crippen LogP contribution in [0.3, 0.4) is 0 Å². The lowest BCUT2D eigenvalue weighted by molar-refractivity contribution is -0.145. The number of aliphatic carboxylic acids is 1. The molecule has 1 aromatic heterocycles. The second kappa shape index (κ2) is 14.8. The number of fused-ring (bicyclic) bond motifs is 1. The molecule has 4 aromatic rings. The number of piperidine rings is 1. The third kappa shape index (κ3) is 7.36. The highest BCUT2D eigenvalue weighted by molar-refractivity contribution is 6.32. The van der Waals surface area contributed by atoms with E-state index in [1.807, 2.05) is 30.3 Å². The van der Waals surface area contributed by atoms with Crippen LogP contribution >= 0.6 is 11.6 Å². The monoisotopic (exact) mass is 647 g/mol. The molecule has 0 aliphatic carbocycles. The number of aromatic hydroxyl groups is 1. The average molecular weight is 648 g/mol. The van der Waals surface area contributed by atoms with Crippen LogP contribution in [0.25, 0.3) is 10.9 Å². The molecule has 2 heterocycles. The zero-order valence-corrected chi connectivity index (χ0v) is 26.1. The molecule has 1 atom stereocenters. The molecule has 1 aliphatic rings. The van der Waals surface area contributed by atoms with Gasteiger partial charge in [0.25, 0.3) is 5.91 Å². The van der Waals surface area contributed by atoms with E-state index in [-0.39, 0.29) is 17.2 Å². The van der Waals surface area contributed by atoms with Crippen molar-refractivity contribution in [3.8, 4) is 11.5 Å². The van der Waals surface area contributed by atoms with Crippen molar-refractivity contribution in [1.82, 2.24) is 15.2 Å². The largest absolute Gasteiger partial charge is 0.506 e. The molecular formula is C35H38ClN3O7. The van der Waals surface area contributed by atoms with Gasteiger partial charge in [0.05, 0.1) is 28.7 Å². The number of aliphatic hydroxyl groups excluding tert-OH is 1. The Balaban J connectivity index is 1.02. The van der Waals surface area contributed by atoms with Crippen molar-refractivity contribution in [1.29, 1.82) is 0 Å². The number of rotatable bonds is 13. The first-order chi connectivity index (χ1) is 22.2. The molecule has 5 rings (SSSR count). The molecule has 5 N–H and O–H groups in total. The van der Waals surface area contributed by atoms with Crippen molar-refractivity contribution in [2.75, 3.05) is 32.8 Å². The molecule has 1 unspecified atom stereocenters. The zero-order valence-electron chi connectivity index (χ0n) is 25.4. The summed E-state index contributed by atoms with van der Waals surface area (Å²) in [5.41, 5.74) is 0.789. The molecule has 0 spiro atoms. The number of carbonyl (C=O) groups excluding carboxylic acids is 1. The number of aliphatic hydroxyl groups is 1. The molecule has 46 heavy (non-hydrogen) atoms. The van der Waals surface area contributed by atoms with Crippen molar-refractivity contribution in [3.05, 3.63) is 105 Å². The van der Waals surface area contributed by atoms with Crippen LogP contribution in [0.2, 0.25) is 5.02 Å². The van der Waals surface area contributed by atoms with Crippen molar-refractivity contribution in [2.24, 2.45) is 0 Å². The number of nitrogens with zero attached hydrogens (tertiary/aromatic N) is 1. The molecule has 0 radical (unpaired) electrons. The van der Waals surface area contributed by atoms with E-state index in [0.717, 1.165) is 24.8 Å². The van der Waals surface area contributed by atoms with Gasteiger partial charge in [-0.2, -0.15) is 0 Å². The fourth-order valence-corrected chi connectivity index (χ4v) is 6.25. The lowest BCUT2D eigenvalue weighted by atomic mass is 9.73. The number of H-pyrrole nitrogens is 1. The van der Waals surface area contributed by atoms with E-state index in [9.17, 15) is 29.7 Å². The minimum atomic E-state index is -1.00. The summed E-state index contributed by atoms with van der Waals surface area (Å²) in [5, 5.41) is 34.9. The number of benzene rings is 3. The van der Waals surface area contributed by atoms with Gasteiger partial charge in [-0.3, -0.25) is 14.4 Å². The summed E-state index contributed by atoms with van der Waals surface area (Å²) in [6, 6.07) is 20.2. The fraction of sp³-hybridized carbons (Fsp3) is 0.343. The van der Waals surface area contributed by atoms with E-state index in [1.165, 1.54) is 12.1 Å². The average Bonchev–Trinajstić information content (AvgIpc) is 3.06. The Bertz CT molecular complexity index is 1740. The minimum absolute atomic E-state index is 0.0449. The number of carboxylic acids is 1. The first-order valence-corrected chi connectivity index (χ1v) is 15.8. The molecule has 1 saturated heterocycles. The van der Waals surface area contributed by atoms with E-state index < -0.39 is 17.5 Å². The summed E-state index contributed by atoms with van der Waals surface area (Å²) in [7, 11) is 0. The number of amides is 1. The van der Waals surface area contributed by atoms with Gasteiger partial charge in [-0.15, -0.1) is 0 Å². The van der Waals surface area contributed by atoms with Gasteiger partial charge in [0, 0.05) is 36.7 Å². The Labute approximate surface area is 271 Å². The number of ether oxygens (including phenoxy) is 1. The molecular weight excluding hydrogens is 610 g/mol. The first kappa shape index (κ1) is 33.0. The Morgan fingerprint density at radius 3 is 2.48 bits per heavy atom. The maximum absolute atomic E-state index is 13.2. The number of halogens is 1. The van der Waals surface area contributed by atoms with Crippen molar-refractivity contribution < 1.29 is 29.6 Å². The number of phenolic OH excluding ortho intramolecular Hbond substituents is 1. The summed E-state index contributed by atoms with van der Waals surface area (Å²) >= 11 is 6.46. The van der Waals surface area contributed by atoms with Gasteiger partial charge in [0.2, 0.25) is 5.56 Å². The van der Waals surface area contributed by atoms with E-state index in [1.54, 1.807) is 35.2 Å². The topological polar surface area (TPSA) is 152 Å². The number of likely N-dealkylation sites (tertiary alicyclic amines) is 1. The maximum atomic E-state index is 13.2. The van der Waals surface area contributed by atoms with Gasteiger partial charge < -0.3 is 35.3 Å². The highest BCUT2D eigenvalue weighted by Crippen LogP contribution is 2.37. The van der Waals surface area contributed by atoms with Crippen LogP contribution in [0, 0.1) is 0 Å². The van der Waals surface area contributed by atoms with Crippen LogP contribution in [-0.2, 0) is 10.2 Å². The number of carboxylic acid groups (broad SMARTS) is 1. The molecule has 0 saturated carbocycles. The molecule has 1 fully saturated rings. The first-order valence-electron chi connectivity index (χ1n) is 15.4. The number of aromatic nitrogens is 1. The second-order valence-electron chi connectivity index (χ2n) is 11.6. The SMILES string of the molecule is O=C(c1ccc(OCCCCCNCC(O)c2ccc(O)c3[nH]c(=O)ccc23)c(Cl)c1)N1CCC(C(=O)O)(c2ccccc2)CC1. The van der Waals surface area contributed by atoms with Crippen molar-refractivity contribution >= 4 is 34.4 Å². The van der Waals surface area contributed by atoms with Crippen LogP contribution in [-0.4, -0.2) is 69.9 Å². The molecule has 0 bridgehead atoms. The summed E-state index contributed by atoms with van der Waals surface area (Å²) in [4.78, 5) is 41.3. The quantitative estimate of drug-likeness (QED) is 0.127. The smallest absolute Gasteiger partial charge is 0.314 e. The van der Waals surface area contributed by atoms with Crippen molar-refractivity contribution in [2.45, 2.75) is 43.6 Å². The highest BCUT2D eigenvalue weighted by Gasteiger charge is 2.44. The molecule has 1 amide bonds. The molecule has 10 nitrogen and oxygen atoms in total. The molecule has 242 valence electrons. The van der Waals surface area contributed by atoms with Gasteiger partial charge in [-0.05, 0) is 80.1 Å². The number of hydrogen-bond donors (Lipinski definition) is 5. The number of nitrogens with one attached hydrogen (secondary N) is 2. The Hall–Kier alpha value is -4.38. The minimum Gasteiger partial charge on any atom is -0.506 e. The third-order valence-corrected chi connectivity index (χ3v) is 8.97. The van der Waals surface area contributed by atoms with E-state index >= 15 is 0 Å². The number of phenols is 1. The van der Waals surface area contributed by atoms with Gasteiger partial charge in [0.1, 0.15) is 11.5 Å². The van der Waals surface area contributed by atoms with Gasteiger partial charge in [-0.1, -0.05) is 48.0 Å². The van der Waals surface area contributed by atoms with Crippen LogP contribution in [0.5, 0.6) is 11.5 Å². The normalized spacial score (nSPS) is 15.0. The zero-order chi connectivity index (χ0) is 32.7. The highest BCUT2D eigenvalue weighted by atomic mass is 35.5. The lowest BCUT2D eigenvalue weighted by Gasteiger charge is -2.39. The predicted octanol–water partition coefficient (Wildman–Crippen LogP) is 5.02. The van der Waals surface area contributed by atoms with Gasteiger partial charge in [-0.25, -0.2) is 0 Å². The van der Waals surface area contributed by atoms with E-state index in [0.29, 0.717) is 78.4 Å². The predicted molar refractivity (Wildman–Crippen MR) is 176 cm³/mol. The number of aromatic amines is 1. The molecule has 3 aromatic carbocycles. The molecule has 11 heteroatoms. The summed E-state index contributed by atoms with van der Waals surface area (Å²) in [6.45, 7) is 2.13. The fourth-order valence-electron chi connectivity index (χ4n) is 6.02. The number of carbonyl (C=O) groups is 2. The number of pyridine rings is 1. The third-order valence-electron chi connectivity index (χ3n) is 8.68. The standard InChI is InChI=1S/C35H38ClN3O7/c36-27-21-23(33(43)39-18-15-35(16-19-39,34(44)45)24-7-3-1-4-8-24)9-13-30(27)46-20-6-2-5-17-37-22-29(41)25-10-12-28(40)32-26(25)11-14-31(42)38-32/h1,3-4,7-14,21,29,37,40-41H,2,5-6,15-20,22H2,(H,38,42)(H,44,45). The number of hydrogen-bond acceptors (Lipinski definition) is 7. The van der Waals surface area contributed by atoms with Crippen LogP contribution in [0.15, 0.2) is 77.6 Å². The number of unbranched alkanes of at least 4 members (excludes halogenated alkanes) is 2. The Morgan fingerprint density at radius 1 is 1.00 bits per heavy atom. The molecule has 1 aliphatic heterocycles. The van der Waals surface area contributed by atoms with E-state index in [2.05, 4.69) is 10.3 Å². The summed E-state index contributed by atoms with van der Waals surface area (Å²) in [6.07, 6.45) is 2.40. The van der Waals surface area contributed by atoms with Crippen LogP contribution in [0.1, 0.15) is 59.7 Å². The van der Waals surface area contributed by atoms with Crippen LogP contribution < -0.4 is 15.6 Å². The van der Waals surface area contributed by atoms with E-state index in [4.69, 9.17) is 16.3 Å². The maximum Gasteiger partial charge on any atom is 0.314 e. The van der Waals surface area contributed by atoms with Crippen molar-refractivity contribution in [3.63, 3.8) is 0 Å².